The number of hydrogen-bond donors (Lipinski definition) is 2. The average molecular weight is 276 g/mol. The first-order valence-corrected chi connectivity index (χ1v) is 6.57. The minimum atomic E-state index is -0.0888. The first kappa shape index (κ1) is 12.1. The van der Waals surface area contributed by atoms with Gasteiger partial charge in [-0.2, -0.15) is 0 Å². The lowest BCUT2D eigenvalue weighted by Gasteiger charge is -2.27. The Bertz CT molecular complexity index is 608. The van der Waals surface area contributed by atoms with Crippen LogP contribution < -0.4 is 5.32 Å². The van der Waals surface area contributed by atoms with Crippen molar-refractivity contribution in [3.05, 3.63) is 52.8 Å². The summed E-state index contributed by atoms with van der Waals surface area (Å²) in [5.74, 6) is 0. The number of H-pyrrole nitrogens is 1. The molecule has 0 saturated heterocycles. The third kappa shape index (κ3) is 2.58. The largest absolute Gasteiger partial charge is 0.365 e. The van der Waals surface area contributed by atoms with E-state index in [1.165, 1.54) is 11.3 Å². The number of carbonyl (C=O) groups is 1. The fourth-order valence-corrected chi connectivity index (χ4v) is 2.48. The highest BCUT2D eigenvalue weighted by Crippen LogP contribution is 2.19. The second kappa shape index (κ2) is 4.97. The van der Waals surface area contributed by atoms with Gasteiger partial charge in [0.25, 0.3) is 0 Å². The molecule has 2 N–H and O–H groups in total. The lowest BCUT2D eigenvalue weighted by Crippen LogP contribution is -2.38. The van der Waals surface area contributed by atoms with Crippen LogP contribution in [0.25, 0.3) is 0 Å². The summed E-state index contributed by atoms with van der Waals surface area (Å²) in [7, 11) is 0. The summed E-state index contributed by atoms with van der Waals surface area (Å²) in [5.41, 5.74) is 3.14. The molecule has 0 aliphatic carbocycles. The molecular formula is C14H14ClN3O. The number of nitrogens with zero attached hydrogens (tertiary/aromatic N) is 1. The van der Waals surface area contributed by atoms with Crippen LogP contribution in [-0.4, -0.2) is 22.5 Å². The number of aromatic nitrogens is 1. The van der Waals surface area contributed by atoms with Crippen LogP contribution in [-0.2, 0) is 13.0 Å². The smallest absolute Gasteiger partial charge is 0.322 e. The number of halogens is 1. The van der Waals surface area contributed by atoms with E-state index < -0.39 is 0 Å². The molecular weight excluding hydrogens is 262 g/mol. The number of nitrogens with one attached hydrogen (secondary N) is 2. The molecule has 0 fully saturated rings. The molecule has 0 saturated carbocycles. The number of carbonyl (C=O) groups excluding carboxylic acids is 1. The van der Waals surface area contributed by atoms with Gasteiger partial charge in [0.2, 0.25) is 0 Å². The van der Waals surface area contributed by atoms with E-state index in [1.807, 2.05) is 24.4 Å². The Morgan fingerprint density at radius 3 is 3.11 bits per heavy atom. The van der Waals surface area contributed by atoms with Crippen molar-refractivity contribution in [3.63, 3.8) is 0 Å². The summed E-state index contributed by atoms with van der Waals surface area (Å²) in [6, 6.07) is 9.10. The van der Waals surface area contributed by atoms with E-state index in [4.69, 9.17) is 11.6 Å². The Hall–Kier alpha value is -1.94. The second-order valence-electron chi connectivity index (χ2n) is 4.59. The van der Waals surface area contributed by atoms with Gasteiger partial charge in [-0.3, -0.25) is 0 Å². The van der Waals surface area contributed by atoms with Crippen LogP contribution in [0.3, 0.4) is 0 Å². The molecule has 98 valence electrons. The van der Waals surface area contributed by atoms with Gasteiger partial charge >= 0.3 is 6.03 Å². The Morgan fingerprint density at radius 1 is 1.37 bits per heavy atom. The van der Waals surface area contributed by atoms with Crippen LogP contribution >= 0.6 is 11.6 Å². The number of fused-ring (bicyclic) bond motifs is 1. The quantitative estimate of drug-likeness (QED) is 0.824. The van der Waals surface area contributed by atoms with Crippen LogP contribution in [0.15, 0.2) is 36.5 Å². The normalized spacial score (nSPS) is 14.1. The van der Waals surface area contributed by atoms with Gasteiger partial charge in [0, 0.05) is 42.1 Å². The lowest BCUT2D eigenvalue weighted by molar-refractivity contribution is 0.206. The topological polar surface area (TPSA) is 48.1 Å². The van der Waals surface area contributed by atoms with E-state index in [9.17, 15) is 4.79 Å². The molecule has 0 bridgehead atoms. The first-order valence-electron chi connectivity index (χ1n) is 6.19. The maximum atomic E-state index is 12.2. The van der Waals surface area contributed by atoms with Gasteiger partial charge in [0.15, 0.2) is 0 Å². The molecule has 0 unspecified atom stereocenters. The summed E-state index contributed by atoms with van der Waals surface area (Å²) in [6.45, 7) is 1.37. The Kier molecular flexibility index (Phi) is 3.17. The number of urea groups is 1. The first-order chi connectivity index (χ1) is 9.22. The molecule has 2 amide bonds. The van der Waals surface area contributed by atoms with Crippen molar-refractivity contribution in [1.82, 2.24) is 9.88 Å². The summed E-state index contributed by atoms with van der Waals surface area (Å²) >= 11 is 5.90. The molecule has 5 heteroatoms. The number of anilines is 1. The van der Waals surface area contributed by atoms with Crippen molar-refractivity contribution in [2.45, 2.75) is 13.0 Å². The third-order valence-electron chi connectivity index (χ3n) is 3.29. The molecule has 1 aromatic carbocycles. The average Bonchev–Trinajstić information content (AvgIpc) is 2.85. The van der Waals surface area contributed by atoms with Gasteiger partial charge in [-0.15, -0.1) is 0 Å². The molecule has 2 aromatic rings. The fourth-order valence-electron chi connectivity index (χ4n) is 2.29. The predicted octanol–water partition coefficient (Wildman–Crippen LogP) is 3.26. The van der Waals surface area contributed by atoms with Gasteiger partial charge in [0.05, 0.1) is 0 Å². The third-order valence-corrected chi connectivity index (χ3v) is 3.52. The standard InChI is InChI=1S/C14H14ClN3O/c15-11-2-1-3-12(8-11)17-14(19)18-7-5-13-10(9-18)4-6-16-13/h1-4,6,8,16H,5,7,9H2,(H,17,19). The van der Waals surface area contributed by atoms with E-state index in [2.05, 4.69) is 10.3 Å². The van der Waals surface area contributed by atoms with E-state index in [-0.39, 0.29) is 6.03 Å². The summed E-state index contributed by atoms with van der Waals surface area (Å²) in [6.07, 6.45) is 2.79. The second-order valence-corrected chi connectivity index (χ2v) is 5.03. The summed E-state index contributed by atoms with van der Waals surface area (Å²) in [4.78, 5) is 17.2. The zero-order valence-corrected chi connectivity index (χ0v) is 11.1. The lowest BCUT2D eigenvalue weighted by atomic mass is 10.1. The van der Waals surface area contributed by atoms with Crippen LogP contribution in [0.4, 0.5) is 10.5 Å². The van der Waals surface area contributed by atoms with Crippen LogP contribution in [0.5, 0.6) is 0 Å². The highest BCUT2D eigenvalue weighted by molar-refractivity contribution is 6.30. The zero-order chi connectivity index (χ0) is 13.2. The Labute approximate surface area is 116 Å². The van der Waals surface area contributed by atoms with Crippen molar-refractivity contribution in [3.8, 4) is 0 Å². The van der Waals surface area contributed by atoms with Crippen LogP contribution in [0, 0.1) is 0 Å². The molecule has 1 aliphatic heterocycles. The van der Waals surface area contributed by atoms with E-state index in [0.29, 0.717) is 11.6 Å². The van der Waals surface area contributed by atoms with Crippen molar-refractivity contribution in [2.24, 2.45) is 0 Å². The highest BCUT2D eigenvalue weighted by atomic mass is 35.5. The van der Waals surface area contributed by atoms with Gasteiger partial charge in [-0.05, 0) is 29.8 Å². The molecule has 19 heavy (non-hydrogen) atoms. The Morgan fingerprint density at radius 2 is 2.26 bits per heavy atom. The highest BCUT2D eigenvalue weighted by Gasteiger charge is 2.21. The van der Waals surface area contributed by atoms with E-state index in [0.717, 1.165) is 18.7 Å². The van der Waals surface area contributed by atoms with Crippen molar-refractivity contribution in [1.29, 1.82) is 0 Å². The molecule has 2 heterocycles. The number of aromatic amines is 1. The molecule has 1 aromatic heterocycles. The van der Waals surface area contributed by atoms with Crippen LogP contribution in [0.1, 0.15) is 11.3 Å². The molecule has 1 aliphatic rings. The predicted molar refractivity (Wildman–Crippen MR) is 75.4 cm³/mol. The Balaban J connectivity index is 1.69. The number of rotatable bonds is 1. The van der Waals surface area contributed by atoms with Gasteiger partial charge in [0.1, 0.15) is 0 Å². The molecule has 0 radical (unpaired) electrons. The SMILES string of the molecule is O=C(Nc1cccc(Cl)c1)N1CCc2[nH]ccc2C1. The number of benzene rings is 1. The zero-order valence-electron chi connectivity index (χ0n) is 10.3. The number of amides is 2. The molecule has 4 nitrogen and oxygen atoms in total. The fraction of sp³-hybridized carbons (Fsp3) is 0.214. The molecule has 0 spiro atoms. The minimum Gasteiger partial charge on any atom is -0.365 e. The summed E-state index contributed by atoms with van der Waals surface area (Å²) in [5, 5.41) is 3.48. The van der Waals surface area contributed by atoms with Gasteiger partial charge in [-0.1, -0.05) is 17.7 Å². The maximum Gasteiger partial charge on any atom is 0.322 e. The van der Waals surface area contributed by atoms with Crippen molar-refractivity contribution >= 4 is 23.3 Å². The van der Waals surface area contributed by atoms with Gasteiger partial charge < -0.3 is 15.2 Å². The molecule has 3 rings (SSSR count). The van der Waals surface area contributed by atoms with E-state index in [1.54, 1.807) is 17.0 Å². The van der Waals surface area contributed by atoms with Gasteiger partial charge in [-0.25, -0.2) is 4.79 Å². The minimum absolute atomic E-state index is 0.0888. The maximum absolute atomic E-state index is 12.2. The monoisotopic (exact) mass is 275 g/mol. The van der Waals surface area contributed by atoms with E-state index >= 15 is 0 Å². The molecule has 0 atom stereocenters. The number of hydrogen-bond acceptors (Lipinski definition) is 1. The van der Waals surface area contributed by atoms with Crippen LogP contribution in [0.2, 0.25) is 5.02 Å². The van der Waals surface area contributed by atoms with Crippen molar-refractivity contribution in [2.75, 3.05) is 11.9 Å². The van der Waals surface area contributed by atoms with Crippen molar-refractivity contribution < 1.29 is 4.79 Å². The summed E-state index contributed by atoms with van der Waals surface area (Å²) < 4.78 is 0.